The minimum absolute atomic E-state index is 0.0972. The van der Waals surface area contributed by atoms with E-state index in [4.69, 9.17) is 47.4 Å². The van der Waals surface area contributed by atoms with Crippen LogP contribution in [0, 0.1) is 0 Å². The molecule has 10 heteroatoms. The molecule has 3 heterocycles. The molecule has 10 nitrogen and oxygen atoms in total. The van der Waals surface area contributed by atoms with Gasteiger partial charge in [-0.15, -0.1) is 0 Å². The Bertz CT molecular complexity index is 1940. The van der Waals surface area contributed by atoms with Crippen molar-refractivity contribution in [2.24, 2.45) is 0 Å². The first-order valence-corrected chi connectivity index (χ1v) is 20.0. The van der Waals surface area contributed by atoms with Crippen molar-refractivity contribution in [2.45, 2.75) is 101 Å². The summed E-state index contributed by atoms with van der Waals surface area (Å²) in [6, 6.07) is 50.1. The second-order valence-corrected chi connectivity index (χ2v) is 14.9. The van der Waals surface area contributed by atoms with E-state index >= 15 is 0 Å². The summed E-state index contributed by atoms with van der Waals surface area (Å²) in [6.45, 7) is 3.55. The molecule has 0 bridgehead atoms. The highest BCUT2D eigenvalue weighted by atomic mass is 16.9. The van der Waals surface area contributed by atoms with E-state index in [2.05, 4.69) is 0 Å². The number of hydrogen-bond acceptors (Lipinski definition) is 10. The molecule has 3 aliphatic rings. The lowest BCUT2D eigenvalue weighted by atomic mass is 9.93. The zero-order valence-electron chi connectivity index (χ0n) is 33.0. The Balaban J connectivity index is 1.14. The molecule has 1 spiro atoms. The monoisotopic (exact) mass is 788 g/mol. The van der Waals surface area contributed by atoms with E-state index in [1.54, 1.807) is 7.11 Å². The van der Waals surface area contributed by atoms with E-state index < -0.39 is 61.1 Å². The molecule has 0 radical (unpaired) electrons. The van der Waals surface area contributed by atoms with E-state index in [0.717, 1.165) is 27.8 Å². The van der Waals surface area contributed by atoms with Gasteiger partial charge in [-0.25, -0.2) is 0 Å². The van der Waals surface area contributed by atoms with Crippen LogP contribution in [0.1, 0.15) is 34.7 Å². The molecule has 5 aromatic rings. The quantitative estimate of drug-likeness (QED) is 0.0988. The molecule has 5 aromatic carbocycles. The molecular formula is C48H52O10. The van der Waals surface area contributed by atoms with Crippen molar-refractivity contribution in [1.82, 2.24) is 0 Å². The van der Waals surface area contributed by atoms with Gasteiger partial charge in [-0.05, 0) is 34.7 Å². The Hall–Kier alpha value is -4.30. The summed E-state index contributed by atoms with van der Waals surface area (Å²) in [5.74, 6) is -1.75. The Morgan fingerprint density at radius 1 is 0.483 bits per heavy atom. The van der Waals surface area contributed by atoms with Crippen LogP contribution >= 0.6 is 0 Å². The van der Waals surface area contributed by atoms with E-state index in [-0.39, 0.29) is 13.2 Å². The zero-order valence-corrected chi connectivity index (χ0v) is 33.0. The molecule has 3 fully saturated rings. The van der Waals surface area contributed by atoms with Crippen LogP contribution < -0.4 is 0 Å². The molecule has 0 N–H and O–H groups in total. The van der Waals surface area contributed by atoms with Gasteiger partial charge in [0, 0.05) is 7.11 Å². The zero-order chi connectivity index (χ0) is 39.6. The van der Waals surface area contributed by atoms with Crippen LogP contribution in [0.3, 0.4) is 0 Å². The number of ether oxygens (including phenoxy) is 10. The van der Waals surface area contributed by atoms with Crippen molar-refractivity contribution < 1.29 is 47.4 Å². The first kappa shape index (κ1) is 40.5. The van der Waals surface area contributed by atoms with Gasteiger partial charge in [0.25, 0.3) is 0 Å². The molecule has 10 atom stereocenters. The summed E-state index contributed by atoms with van der Waals surface area (Å²) in [7, 11) is 1.60. The number of benzene rings is 5. The Morgan fingerprint density at radius 2 is 0.879 bits per heavy atom. The van der Waals surface area contributed by atoms with E-state index in [1.807, 2.05) is 159 Å². The standard InChI is InChI=1S/C48H52O10/c1-34-41(50-28-35-18-8-3-9-19-35)44(52-30-37-22-12-5-13-23-37)46(54-32-39-26-16-7-17-27-39)48(57-34)55-33-40-42(58-48)43(51-29-36-20-10-4-11-21-36)45(47(49-2)56-40)53-31-38-24-14-6-15-25-38/h3-27,34,40-47H,28-33H2,1-2H3/t34-,40+,41+,42-,43-,44+,45+,46-,47-,48+/m0/s1. The van der Waals surface area contributed by atoms with Crippen LogP contribution in [0.25, 0.3) is 0 Å². The minimum Gasteiger partial charge on any atom is -0.368 e. The highest BCUT2D eigenvalue weighted by Gasteiger charge is 2.64. The molecule has 58 heavy (non-hydrogen) atoms. The molecule has 0 unspecified atom stereocenters. The van der Waals surface area contributed by atoms with Gasteiger partial charge < -0.3 is 47.4 Å². The largest absolute Gasteiger partial charge is 0.368 e. The lowest BCUT2D eigenvalue weighted by Crippen LogP contribution is -2.74. The van der Waals surface area contributed by atoms with E-state index in [1.165, 1.54) is 0 Å². The molecular weight excluding hydrogens is 737 g/mol. The van der Waals surface area contributed by atoms with Crippen molar-refractivity contribution in [3.8, 4) is 0 Å². The van der Waals surface area contributed by atoms with Gasteiger partial charge in [0.05, 0.1) is 45.7 Å². The lowest BCUT2D eigenvalue weighted by molar-refractivity contribution is -0.515. The van der Waals surface area contributed by atoms with Gasteiger partial charge in [-0.1, -0.05) is 152 Å². The van der Waals surface area contributed by atoms with E-state index in [9.17, 15) is 0 Å². The Morgan fingerprint density at radius 3 is 1.33 bits per heavy atom. The summed E-state index contributed by atoms with van der Waals surface area (Å²) in [4.78, 5) is 0. The molecule has 0 saturated carbocycles. The van der Waals surface area contributed by atoms with Crippen molar-refractivity contribution >= 4 is 0 Å². The van der Waals surface area contributed by atoms with Gasteiger partial charge in [0.1, 0.15) is 36.6 Å². The highest BCUT2D eigenvalue weighted by Crippen LogP contribution is 2.44. The summed E-state index contributed by atoms with van der Waals surface area (Å²) >= 11 is 0. The molecule has 8 rings (SSSR count). The fraction of sp³-hybridized carbons (Fsp3) is 0.375. The second-order valence-electron chi connectivity index (χ2n) is 14.9. The maximum absolute atomic E-state index is 7.17. The van der Waals surface area contributed by atoms with Crippen LogP contribution in [0.2, 0.25) is 0 Å². The van der Waals surface area contributed by atoms with Crippen LogP contribution in [0.15, 0.2) is 152 Å². The van der Waals surface area contributed by atoms with Crippen LogP contribution in [0.5, 0.6) is 0 Å². The van der Waals surface area contributed by atoms with Gasteiger partial charge in [0.2, 0.25) is 0 Å². The number of methoxy groups -OCH3 is 1. The smallest absolute Gasteiger partial charge is 0.314 e. The molecule has 0 aromatic heterocycles. The molecule has 3 saturated heterocycles. The number of fused-ring (bicyclic) bond motifs is 1. The normalized spacial score (nSPS) is 29.5. The topological polar surface area (TPSA) is 92.3 Å². The third-order valence-electron chi connectivity index (χ3n) is 10.8. The summed E-state index contributed by atoms with van der Waals surface area (Å²) in [5.41, 5.74) is 5.00. The third kappa shape index (κ3) is 9.76. The number of rotatable bonds is 16. The molecule has 0 aliphatic carbocycles. The van der Waals surface area contributed by atoms with Gasteiger partial charge in [-0.2, -0.15) is 0 Å². The predicted octanol–water partition coefficient (Wildman–Crippen LogP) is 7.77. The molecule has 304 valence electrons. The fourth-order valence-corrected chi connectivity index (χ4v) is 7.81. The second kappa shape index (κ2) is 19.6. The van der Waals surface area contributed by atoms with Crippen molar-refractivity contribution in [2.75, 3.05) is 13.7 Å². The highest BCUT2D eigenvalue weighted by molar-refractivity contribution is 5.18. The number of hydrogen-bond donors (Lipinski definition) is 0. The van der Waals surface area contributed by atoms with Crippen molar-refractivity contribution in [3.05, 3.63) is 179 Å². The molecule has 0 amide bonds. The first-order valence-electron chi connectivity index (χ1n) is 20.0. The Kier molecular flexibility index (Phi) is 13.7. The lowest BCUT2D eigenvalue weighted by Gasteiger charge is -2.57. The minimum atomic E-state index is -1.75. The van der Waals surface area contributed by atoms with Gasteiger partial charge in [-0.3, -0.25) is 0 Å². The average Bonchev–Trinajstić information content (AvgIpc) is 3.28. The van der Waals surface area contributed by atoms with Crippen molar-refractivity contribution in [1.29, 1.82) is 0 Å². The summed E-state index contributed by atoms with van der Waals surface area (Å²) < 4.78 is 67.2. The Labute approximate surface area is 340 Å². The van der Waals surface area contributed by atoms with Crippen LogP contribution in [-0.2, 0) is 80.4 Å². The van der Waals surface area contributed by atoms with Crippen molar-refractivity contribution in [3.63, 3.8) is 0 Å². The van der Waals surface area contributed by atoms with Crippen LogP contribution in [-0.4, -0.2) is 74.8 Å². The average molecular weight is 789 g/mol. The maximum Gasteiger partial charge on any atom is 0.314 e. The van der Waals surface area contributed by atoms with Crippen LogP contribution in [0.4, 0.5) is 0 Å². The predicted molar refractivity (Wildman–Crippen MR) is 215 cm³/mol. The summed E-state index contributed by atoms with van der Waals surface area (Å²) in [6.07, 6.45) is -6.16. The summed E-state index contributed by atoms with van der Waals surface area (Å²) in [5, 5.41) is 0. The third-order valence-corrected chi connectivity index (χ3v) is 10.8. The first-order chi connectivity index (χ1) is 28.6. The fourth-order valence-electron chi connectivity index (χ4n) is 7.81. The van der Waals surface area contributed by atoms with Gasteiger partial charge >= 0.3 is 5.97 Å². The van der Waals surface area contributed by atoms with Gasteiger partial charge in [0.15, 0.2) is 12.4 Å². The molecule has 3 aliphatic heterocycles. The SMILES string of the molecule is CO[C@H]1O[C@@H]2CO[C@@]3(O[C@@H]2[C@H](OCc2ccccc2)[C@H]1OCc1ccccc1)O[C@@H](C)[C@@H](OCc1ccccc1)[C@@H](OCc1ccccc1)[C@@H]3OCc1ccccc1. The van der Waals surface area contributed by atoms with E-state index in [0.29, 0.717) is 26.4 Å². The maximum atomic E-state index is 7.17.